The van der Waals surface area contributed by atoms with Crippen molar-refractivity contribution in [2.75, 3.05) is 32.7 Å². The van der Waals surface area contributed by atoms with Gasteiger partial charge in [-0.2, -0.15) is 0 Å². The van der Waals surface area contributed by atoms with E-state index in [1.165, 1.54) is 52.0 Å². The molecule has 0 spiro atoms. The molecular weight excluding hydrogens is 184 g/mol. The van der Waals surface area contributed by atoms with E-state index in [0.29, 0.717) is 0 Å². The van der Waals surface area contributed by atoms with Crippen LogP contribution in [0.1, 0.15) is 40.0 Å². The summed E-state index contributed by atoms with van der Waals surface area (Å²) in [4.78, 5) is 2.60. The first kappa shape index (κ1) is 13.0. The van der Waals surface area contributed by atoms with Crippen molar-refractivity contribution in [1.29, 1.82) is 0 Å². The van der Waals surface area contributed by atoms with Crippen molar-refractivity contribution in [2.24, 2.45) is 11.8 Å². The summed E-state index contributed by atoms with van der Waals surface area (Å²) >= 11 is 0. The van der Waals surface area contributed by atoms with Crippen LogP contribution < -0.4 is 5.32 Å². The second kappa shape index (κ2) is 7.24. The number of piperidine rings is 1. The Morgan fingerprint density at radius 2 is 2.00 bits per heavy atom. The molecule has 1 aliphatic heterocycles. The van der Waals surface area contributed by atoms with Crippen LogP contribution in [0.2, 0.25) is 0 Å². The first-order valence-corrected chi connectivity index (χ1v) is 6.65. The summed E-state index contributed by atoms with van der Waals surface area (Å²) in [6, 6.07) is 0. The van der Waals surface area contributed by atoms with Gasteiger partial charge >= 0.3 is 0 Å². The molecule has 1 N–H and O–H groups in total. The minimum atomic E-state index is 0.825. The fourth-order valence-electron chi connectivity index (χ4n) is 2.02. The van der Waals surface area contributed by atoms with Crippen LogP contribution in [0.25, 0.3) is 0 Å². The third-order valence-electron chi connectivity index (χ3n) is 3.67. The molecule has 1 aliphatic rings. The molecule has 0 aromatic heterocycles. The second-order valence-corrected chi connectivity index (χ2v) is 5.24. The van der Waals surface area contributed by atoms with Gasteiger partial charge in [0.05, 0.1) is 0 Å². The van der Waals surface area contributed by atoms with E-state index in [2.05, 4.69) is 31.0 Å². The van der Waals surface area contributed by atoms with Gasteiger partial charge in [-0.25, -0.2) is 0 Å². The van der Waals surface area contributed by atoms with Gasteiger partial charge in [-0.15, -0.1) is 0 Å². The molecule has 0 aromatic rings. The zero-order valence-electron chi connectivity index (χ0n) is 10.8. The Labute approximate surface area is 95.4 Å². The van der Waals surface area contributed by atoms with Gasteiger partial charge in [0.15, 0.2) is 0 Å². The molecule has 0 amide bonds. The van der Waals surface area contributed by atoms with E-state index in [0.717, 1.165) is 11.8 Å². The van der Waals surface area contributed by atoms with Crippen molar-refractivity contribution in [3.05, 3.63) is 0 Å². The van der Waals surface area contributed by atoms with Gasteiger partial charge in [0.1, 0.15) is 0 Å². The molecule has 2 heteroatoms. The van der Waals surface area contributed by atoms with Crippen LogP contribution >= 0.6 is 0 Å². The molecular formula is C13H28N2. The Hall–Kier alpha value is -0.0800. The maximum atomic E-state index is 3.55. The minimum Gasteiger partial charge on any atom is -0.315 e. The first-order chi connectivity index (χ1) is 7.22. The summed E-state index contributed by atoms with van der Waals surface area (Å²) < 4.78 is 0. The smallest absolute Gasteiger partial charge is 0.0107 e. The highest BCUT2D eigenvalue weighted by molar-refractivity contribution is 4.70. The quantitative estimate of drug-likeness (QED) is 0.680. The van der Waals surface area contributed by atoms with Crippen molar-refractivity contribution in [3.8, 4) is 0 Å². The van der Waals surface area contributed by atoms with Gasteiger partial charge in [0.2, 0.25) is 0 Å². The van der Waals surface area contributed by atoms with E-state index >= 15 is 0 Å². The zero-order chi connectivity index (χ0) is 11.1. The van der Waals surface area contributed by atoms with Crippen LogP contribution in [0, 0.1) is 11.8 Å². The lowest BCUT2D eigenvalue weighted by atomic mass is 9.99. The Morgan fingerprint density at radius 1 is 1.33 bits per heavy atom. The number of hydrogen-bond donors (Lipinski definition) is 1. The molecule has 0 saturated carbocycles. The van der Waals surface area contributed by atoms with Gasteiger partial charge in [-0.3, -0.25) is 0 Å². The van der Waals surface area contributed by atoms with Gasteiger partial charge in [-0.1, -0.05) is 27.2 Å². The lowest BCUT2D eigenvalue weighted by molar-refractivity contribution is 0.192. The fraction of sp³-hybridized carbons (Fsp3) is 1.00. The van der Waals surface area contributed by atoms with Crippen LogP contribution in [0.15, 0.2) is 0 Å². The van der Waals surface area contributed by atoms with Crippen LogP contribution in [-0.4, -0.2) is 37.6 Å². The molecule has 0 bridgehead atoms. The number of nitrogens with zero attached hydrogens (tertiary/aromatic N) is 1. The van der Waals surface area contributed by atoms with E-state index in [9.17, 15) is 0 Å². The van der Waals surface area contributed by atoms with Crippen molar-refractivity contribution >= 4 is 0 Å². The summed E-state index contributed by atoms with van der Waals surface area (Å²) in [7, 11) is 0. The maximum Gasteiger partial charge on any atom is 0.0107 e. The summed E-state index contributed by atoms with van der Waals surface area (Å²) in [6.45, 7) is 13.2. The predicted octanol–water partition coefficient (Wildman–Crippen LogP) is 2.35. The second-order valence-electron chi connectivity index (χ2n) is 5.24. The number of likely N-dealkylation sites (tertiary alicyclic amines) is 1. The van der Waals surface area contributed by atoms with Gasteiger partial charge in [0.25, 0.3) is 0 Å². The molecule has 0 radical (unpaired) electrons. The molecule has 1 rings (SSSR count). The molecule has 15 heavy (non-hydrogen) atoms. The Bertz CT molecular complexity index is 151. The molecule has 1 heterocycles. The molecule has 1 unspecified atom stereocenters. The van der Waals surface area contributed by atoms with Crippen molar-refractivity contribution < 1.29 is 0 Å². The topological polar surface area (TPSA) is 15.3 Å². The molecule has 1 atom stereocenters. The highest BCUT2D eigenvalue weighted by Crippen LogP contribution is 2.15. The Morgan fingerprint density at radius 3 is 2.60 bits per heavy atom. The third-order valence-corrected chi connectivity index (χ3v) is 3.67. The van der Waals surface area contributed by atoms with Gasteiger partial charge in [-0.05, 0) is 44.3 Å². The molecule has 1 fully saturated rings. The number of rotatable bonds is 6. The van der Waals surface area contributed by atoms with E-state index in [1.54, 1.807) is 0 Å². The van der Waals surface area contributed by atoms with E-state index in [1.807, 2.05) is 0 Å². The van der Waals surface area contributed by atoms with Gasteiger partial charge in [0, 0.05) is 13.1 Å². The molecule has 2 nitrogen and oxygen atoms in total. The molecule has 0 aromatic carbocycles. The summed E-state index contributed by atoms with van der Waals surface area (Å²) in [5, 5.41) is 3.55. The standard InChI is InChI=1S/C13H28N2/c1-4-12(2)11-14-7-10-15-8-5-13(3)6-9-15/h12-14H,4-11H2,1-3H3. The Balaban J connectivity index is 1.96. The first-order valence-electron chi connectivity index (χ1n) is 6.65. The number of hydrogen-bond acceptors (Lipinski definition) is 2. The normalized spacial score (nSPS) is 21.8. The van der Waals surface area contributed by atoms with Crippen LogP contribution in [0.4, 0.5) is 0 Å². The van der Waals surface area contributed by atoms with Crippen molar-refractivity contribution in [3.63, 3.8) is 0 Å². The molecule has 0 aliphatic carbocycles. The van der Waals surface area contributed by atoms with E-state index < -0.39 is 0 Å². The van der Waals surface area contributed by atoms with Crippen LogP contribution in [0.5, 0.6) is 0 Å². The van der Waals surface area contributed by atoms with Crippen molar-refractivity contribution in [1.82, 2.24) is 10.2 Å². The van der Waals surface area contributed by atoms with Crippen LogP contribution in [-0.2, 0) is 0 Å². The average Bonchev–Trinajstić information content (AvgIpc) is 2.26. The minimum absolute atomic E-state index is 0.825. The summed E-state index contributed by atoms with van der Waals surface area (Å²) in [5.74, 6) is 1.78. The number of nitrogens with one attached hydrogen (secondary N) is 1. The van der Waals surface area contributed by atoms with E-state index in [4.69, 9.17) is 0 Å². The molecule has 1 saturated heterocycles. The molecule has 90 valence electrons. The highest BCUT2D eigenvalue weighted by atomic mass is 15.1. The highest BCUT2D eigenvalue weighted by Gasteiger charge is 2.14. The third kappa shape index (κ3) is 5.53. The lowest BCUT2D eigenvalue weighted by Crippen LogP contribution is -2.38. The van der Waals surface area contributed by atoms with Crippen molar-refractivity contribution in [2.45, 2.75) is 40.0 Å². The largest absolute Gasteiger partial charge is 0.315 e. The summed E-state index contributed by atoms with van der Waals surface area (Å²) in [6.07, 6.45) is 4.07. The predicted molar refractivity (Wildman–Crippen MR) is 67.2 cm³/mol. The SMILES string of the molecule is CCC(C)CNCCN1CCC(C)CC1. The average molecular weight is 212 g/mol. The van der Waals surface area contributed by atoms with Gasteiger partial charge < -0.3 is 10.2 Å². The lowest BCUT2D eigenvalue weighted by Gasteiger charge is -2.30. The monoisotopic (exact) mass is 212 g/mol. The zero-order valence-corrected chi connectivity index (χ0v) is 10.8. The maximum absolute atomic E-state index is 3.55. The Kier molecular flexibility index (Phi) is 6.26. The van der Waals surface area contributed by atoms with Crippen LogP contribution in [0.3, 0.4) is 0 Å². The fourth-order valence-corrected chi connectivity index (χ4v) is 2.02. The van der Waals surface area contributed by atoms with E-state index in [-0.39, 0.29) is 0 Å². The summed E-state index contributed by atoms with van der Waals surface area (Å²) in [5.41, 5.74) is 0.